The summed E-state index contributed by atoms with van der Waals surface area (Å²) in [5.74, 6) is 0. The van der Waals surface area contributed by atoms with E-state index < -0.39 is 6.16 Å². The van der Waals surface area contributed by atoms with Crippen LogP contribution in [0.15, 0.2) is 0 Å². The number of rotatable bonds is 3. The third kappa shape index (κ3) is 3.66. The summed E-state index contributed by atoms with van der Waals surface area (Å²) in [7, 11) is 0. The smallest absolute Gasteiger partial charge is 0.431 e. The number of hydrogen-bond donors (Lipinski definition) is 0. The molecule has 0 aromatic rings. The van der Waals surface area contributed by atoms with E-state index in [2.05, 4.69) is 0 Å². The molecule has 1 radical (unpaired) electrons. The minimum atomic E-state index is -0.530. The lowest BCUT2D eigenvalue weighted by molar-refractivity contribution is 0.0119. The van der Waals surface area contributed by atoms with Crippen LogP contribution in [0.5, 0.6) is 0 Å². The van der Waals surface area contributed by atoms with Crippen molar-refractivity contribution >= 4 is 6.16 Å². The number of hydrogen-bond acceptors (Lipinski definition) is 3. The Bertz CT molecular complexity index is 162. The standard InChI is InChI=1S/C10H17O3/c1-3-8(2)12-10(11)13-9-6-4-5-7-9/h3,8-9H,4-7H2,1-2H3/t8-/m0/s1. The lowest BCUT2D eigenvalue weighted by atomic mass is 10.3. The zero-order valence-corrected chi connectivity index (χ0v) is 8.29. The molecular formula is C10H17O3. The highest BCUT2D eigenvalue weighted by Crippen LogP contribution is 2.21. The van der Waals surface area contributed by atoms with Crippen LogP contribution in [0.2, 0.25) is 0 Å². The van der Waals surface area contributed by atoms with Crippen LogP contribution in [0.3, 0.4) is 0 Å². The van der Waals surface area contributed by atoms with Gasteiger partial charge < -0.3 is 9.47 Å². The first-order valence-corrected chi connectivity index (χ1v) is 4.89. The van der Waals surface area contributed by atoms with E-state index in [0.717, 1.165) is 25.7 Å². The highest BCUT2D eigenvalue weighted by molar-refractivity contribution is 5.60. The van der Waals surface area contributed by atoms with Crippen molar-refractivity contribution in [1.82, 2.24) is 0 Å². The second kappa shape index (κ2) is 5.10. The molecule has 75 valence electrons. The molecule has 1 fully saturated rings. The Hall–Kier alpha value is -0.730. The molecule has 1 aliphatic rings. The van der Waals surface area contributed by atoms with Gasteiger partial charge in [0.1, 0.15) is 12.2 Å². The molecule has 0 spiro atoms. The van der Waals surface area contributed by atoms with E-state index in [9.17, 15) is 4.79 Å². The molecule has 1 atom stereocenters. The molecule has 0 aromatic heterocycles. The van der Waals surface area contributed by atoms with Gasteiger partial charge in [-0.3, -0.25) is 0 Å². The molecule has 0 heterocycles. The van der Waals surface area contributed by atoms with Crippen LogP contribution in [-0.4, -0.2) is 18.4 Å². The zero-order valence-electron chi connectivity index (χ0n) is 8.29. The third-order valence-corrected chi connectivity index (χ3v) is 2.32. The molecule has 1 aliphatic carbocycles. The average molecular weight is 185 g/mol. The van der Waals surface area contributed by atoms with Crippen molar-refractivity contribution in [3.05, 3.63) is 6.42 Å². The summed E-state index contributed by atoms with van der Waals surface area (Å²) in [5.41, 5.74) is 0. The Kier molecular flexibility index (Phi) is 4.06. The van der Waals surface area contributed by atoms with Crippen LogP contribution in [0, 0.1) is 6.42 Å². The summed E-state index contributed by atoms with van der Waals surface area (Å²) in [4.78, 5) is 11.1. The second-order valence-corrected chi connectivity index (χ2v) is 3.43. The van der Waals surface area contributed by atoms with Gasteiger partial charge in [0.25, 0.3) is 0 Å². The van der Waals surface area contributed by atoms with Crippen molar-refractivity contribution < 1.29 is 14.3 Å². The predicted octanol–water partition coefficient (Wildman–Crippen LogP) is 2.69. The van der Waals surface area contributed by atoms with E-state index in [0.29, 0.717) is 0 Å². The van der Waals surface area contributed by atoms with Crippen molar-refractivity contribution in [2.75, 3.05) is 0 Å². The molecule has 0 N–H and O–H groups in total. The Morgan fingerprint density at radius 1 is 1.46 bits per heavy atom. The SMILES string of the molecule is C[CH][C@H](C)OC(=O)OC1CCCC1. The summed E-state index contributed by atoms with van der Waals surface area (Å²) in [5, 5.41) is 0. The van der Waals surface area contributed by atoms with E-state index in [-0.39, 0.29) is 12.2 Å². The van der Waals surface area contributed by atoms with Crippen LogP contribution in [0.4, 0.5) is 4.79 Å². The van der Waals surface area contributed by atoms with Gasteiger partial charge in [-0.1, -0.05) is 6.92 Å². The minimum absolute atomic E-state index is 0.0940. The predicted molar refractivity (Wildman–Crippen MR) is 49.3 cm³/mol. The van der Waals surface area contributed by atoms with Gasteiger partial charge >= 0.3 is 6.16 Å². The number of carbonyl (C=O) groups is 1. The maximum atomic E-state index is 11.1. The molecule has 3 heteroatoms. The Morgan fingerprint density at radius 2 is 2.08 bits per heavy atom. The molecule has 3 nitrogen and oxygen atoms in total. The molecular weight excluding hydrogens is 168 g/mol. The average Bonchev–Trinajstić information content (AvgIpc) is 2.56. The first-order valence-electron chi connectivity index (χ1n) is 4.89. The zero-order chi connectivity index (χ0) is 9.68. The summed E-state index contributed by atoms with van der Waals surface area (Å²) in [6, 6.07) is 0. The van der Waals surface area contributed by atoms with Gasteiger partial charge in [-0.05, 0) is 39.0 Å². The van der Waals surface area contributed by atoms with E-state index in [1.54, 1.807) is 0 Å². The van der Waals surface area contributed by atoms with Crippen molar-refractivity contribution in [1.29, 1.82) is 0 Å². The largest absolute Gasteiger partial charge is 0.508 e. The first-order chi connectivity index (χ1) is 6.22. The van der Waals surface area contributed by atoms with Crippen molar-refractivity contribution in [2.45, 2.75) is 51.7 Å². The molecule has 0 saturated heterocycles. The van der Waals surface area contributed by atoms with Gasteiger partial charge in [-0.15, -0.1) is 0 Å². The monoisotopic (exact) mass is 185 g/mol. The second-order valence-electron chi connectivity index (χ2n) is 3.43. The molecule has 0 bridgehead atoms. The van der Waals surface area contributed by atoms with Gasteiger partial charge in [-0.2, -0.15) is 0 Å². The fourth-order valence-corrected chi connectivity index (χ4v) is 1.39. The highest BCUT2D eigenvalue weighted by Gasteiger charge is 2.20. The Morgan fingerprint density at radius 3 is 2.62 bits per heavy atom. The normalized spacial score (nSPS) is 19.8. The lowest BCUT2D eigenvalue weighted by Crippen LogP contribution is -2.20. The summed E-state index contributed by atoms with van der Waals surface area (Å²) >= 11 is 0. The summed E-state index contributed by atoms with van der Waals surface area (Å²) in [6.07, 6.45) is 5.51. The molecule has 0 amide bonds. The van der Waals surface area contributed by atoms with Gasteiger partial charge in [0.2, 0.25) is 0 Å². The molecule has 1 saturated carbocycles. The quantitative estimate of drug-likeness (QED) is 0.634. The number of carbonyl (C=O) groups excluding carboxylic acids is 1. The lowest BCUT2D eigenvalue weighted by Gasteiger charge is -2.14. The molecule has 1 rings (SSSR count). The van der Waals surface area contributed by atoms with Crippen molar-refractivity contribution in [2.24, 2.45) is 0 Å². The summed E-state index contributed by atoms with van der Waals surface area (Å²) in [6.45, 7) is 3.67. The molecule has 0 aromatic carbocycles. The van der Waals surface area contributed by atoms with Crippen LogP contribution >= 0.6 is 0 Å². The Labute approximate surface area is 79.4 Å². The first kappa shape index (κ1) is 10.4. The van der Waals surface area contributed by atoms with Crippen LogP contribution in [-0.2, 0) is 9.47 Å². The summed E-state index contributed by atoms with van der Waals surface area (Å²) < 4.78 is 10.0. The van der Waals surface area contributed by atoms with Gasteiger partial charge in [0, 0.05) is 0 Å². The van der Waals surface area contributed by atoms with E-state index in [4.69, 9.17) is 9.47 Å². The van der Waals surface area contributed by atoms with Crippen LogP contribution in [0.1, 0.15) is 39.5 Å². The van der Waals surface area contributed by atoms with Crippen LogP contribution < -0.4 is 0 Å². The van der Waals surface area contributed by atoms with Crippen LogP contribution in [0.25, 0.3) is 0 Å². The van der Waals surface area contributed by atoms with Gasteiger partial charge in [-0.25, -0.2) is 4.79 Å². The fraction of sp³-hybridized carbons (Fsp3) is 0.800. The van der Waals surface area contributed by atoms with E-state index >= 15 is 0 Å². The van der Waals surface area contributed by atoms with E-state index in [1.165, 1.54) is 0 Å². The minimum Gasteiger partial charge on any atom is -0.431 e. The van der Waals surface area contributed by atoms with Crippen molar-refractivity contribution in [3.63, 3.8) is 0 Å². The maximum absolute atomic E-state index is 11.1. The molecule has 13 heavy (non-hydrogen) atoms. The third-order valence-electron chi connectivity index (χ3n) is 2.32. The fourth-order valence-electron chi connectivity index (χ4n) is 1.39. The van der Waals surface area contributed by atoms with Gasteiger partial charge in [0.05, 0.1) is 0 Å². The van der Waals surface area contributed by atoms with Gasteiger partial charge in [0.15, 0.2) is 0 Å². The molecule has 0 aliphatic heterocycles. The van der Waals surface area contributed by atoms with E-state index in [1.807, 2.05) is 20.3 Å². The van der Waals surface area contributed by atoms with Crippen molar-refractivity contribution in [3.8, 4) is 0 Å². The Balaban J connectivity index is 2.16. The molecule has 0 unspecified atom stereocenters. The number of ether oxygens (including phenoxy) is 2. The topological polar surface area (TPSA) is 35.5 Å². The maximum Gasteiger partial charge on any atom is 0.508 e. The highest BCUT2D eigenvalue weighted by atomic mass is 16.7.